The van der Waals surface area contributed by atoms with Gasteiger partial charge in [0.2, 0.25) is 17.7 Å². The van der Waals surface area contributed by atoms with Gasteiger partial charge >= 0.3 is 0 Å². The van der Waals surface area contributed by atoms with E-state index in [0.29, 0.717) is 25.2 Å². The lowest BCUT2D eigenvalue weighted by molar-refractivity contribution is -0.134. The number of hydrogen-bond donors (Lipinski definition) is 2. The minimum Gasteiger partial charge on any atom is -0.359 e. The maximum Gasteiger partial charge on any atom is 0.234 e. The monoisotopic (exact) mass is 358 g/mol. The van der Waals surface area contributed by atoms with E-state index in [1.165, 1.54) is 0 Å². The first kappa shape index (κ1) is 18.4. The van der Waals surface area contributed by atoms with Gasteiger partial charge in [-0.25, -0.2) is 4.98 Å². The van der Waals surface area contributed by atoms with Gasteiger partial charge in [0.1, 0.15) is 5.82 Å². The fourth-order valence-electron chi connectivity index (χ4n) is 3.71. The van der Waals surface area contributed by atoms with Gasteiger partial charge in [0.05, 0.1) is 5.92 Å². The first-order valence-corrected chi connectivity index (χ1v) is 9.32. The lowest BCUT2D eigenvalue weighted by Gasteiger charge is -2.33. The molecule has 0 aliphatic carbocycles. The number of imide groups is 1. The van der Waals surface area contributed by atoms with Crippen molar-refractivity contribution in [3.8, 4) is 0 Å². The average Bonchev–Trinajstić information content (AvgIpc) is 2.67. The van der Waals surface area contributed by atoms with Crippen molar-refractivity contribution in [1.82, 2.24) is 15.6 Å². The molecule has 0 saturated carbocycles. The van der Waals surface area contributed by atoms with E-state index < -0.39 is 0 Å². The molecule has 2 saturated heterocycles. The molecule has 2 aliphatic heterocycles. The molecule has 2 N–H and O–H groups in total. The predicted molar refractivity (Wildman–Crippen MR) is 97.6 cm³/mol. The van der Waals surface area contributed by atoms with E-state index in [2.05, 4.69) is 20.5 Å². The van der Waals surface area contributed by atoms with Crippen molar-refractivity contribution in [2.24, 2.45) is 5.92 Å². The van der Waals surface area contributed by atoms with Gasteiger partial charge in [-0.15, -0.1) is 0 Å². The Bertz CT molecular complexity index is 666. The van der Waals surface area contributed by atoms with Crippen molar-refractivity contribution >= 4 is 23.5 Å². The molecule has 1 aromatic heterocycles. The first-order chi connectivity index (χ1) is 12.6. The Hall–Kier alpha value is -2.44. The standard InChI is InChI=1S/C19H26N4O3/c1-20-17(24)6-2-13-8-10-23(11-9-13)16-5-3-14(12-21-16)15-4-7-18(25)22-19(15)26/h3,5,12-13,15H,2,4,6-11H2,1H3,(H,20,24)(H,22,25,26). The highest BCUT2D eigenvalue weighted by molar-refractivity contribution is 6.00. The number of anilines is 1. The fourth-order valence-corrected chi connectivity index (χ4v) is 3.71. The minimum absolute atomic E-state index is 0.109. The summed E-state index contributed by atoms with van der Waals surface area (Å²) in [5.74, 6) is 0.905. The number of amides is 3. The Morgan fingerprint density at radius 2 is 2.04 bits per heavy atom. The Kier molecular flexibility index (Phi) is 5.85. The average molecular weight is 358 g/mol. The van der Waals surface area contributed by atoms with E-state index in [9.17, 15) is 14.4 Å². The number of piperidine rings is 2. The van der Waals surface area contributed by atoms with Gasteiger partial charge in [0.15, 0.2) is 0 Å². The zero-order valence-corrected chi connectivity index (χ0v) is 15.2. The molecule has 7 nitrogen and oxygen atoms in total. The Morgan fingerprint density at radius 3 is 2.65 bits per heavy atom. The Balaban J connectivity index is 1.52. The highest BCUT2D eigenvalue weighted by Gasteiger charge is 2.28. The molecule has 3 heterocycles. The number of carbonyl (C=O) groups excluding carboxylic acids is 3. The number of pyridine rings is 1. The second-order valence-corrected chi connectivity index (χ2v) is 7.10. The molecule has 1 atom stereocenters. The van der Waals surface area contributed by atoms with Gasteiger partial charge in [0.25, 0.3) is 0 Å². The van der Waals surface area contributed by atoms with Crippen molar-refractivity contribution in [2.75, 3.05) is 25.0 Å². The third kappa shape index (κ3) is 4.39. The van der Waals surface area contributed by atoms with Crippen molar-refractivity contribution in [2.45, 2.75) is 44.4 Å². The Labute approximate surface area is 153 Å². The first-order valence-electron chi connectivity index (χ1n) is 9.32. The predicted octanol–water partition coefficient (Wildman–Crippen LogP) is 1.34. The summed E-state index contributed by atoms with van der Waals surface area (Å²) in [6.07, 6.45) is 6.34. The van der Waals surface area contributed by atoms with Crippen LogP contribution in [0.25, 0.3) is 0 Å². The molecule has 0 aromatic carbocycles. The maximum absolute atomic E-state index is 12.0. The molecular formula is C19H26N4O3. The van der Waals surface area contributed by atoms with Crippen LogP contribution >= 0.6 is 0 Å². The van der Waals surface area contributed by atoms with E-state index in [-0.39, 0.29) is 23.6 Å². The number of nitrogens with one attached hydrogen (secondary N) is 2. The summed E-state index contributed by atoms with van der Waals surface area (Å²) in [6, 6.07) is 3.91. The van der Waals surface area contributed by atoms with E-state index >= 15 is 0 Å². The third-order valence-corrected chi connectivity index (χ3v) is 5.41. The summed E-state index contributed by atoms with van der Waals surface area (Å²) in [4.78, 5) is 41.4. The van der Waals surface area contributed by atoms with Gasteiger partial charge in [0, 0.05) is 39.2 Å². The molecule has 1 aromatic rings. The van der Waals surface area contributed by atoms with Crippen molar-refractivity contribution in [3.05, 3.63) is 23.9 Å². The SMILES string of the molecule is CNC(=O)CCC1CCN(c2ccc(C3CCC(=O)NC3=O)cn2)CC1. The van der Waals surface area contributed by atoms with Crippen molar-refractivity contribution in [3.63, 3.8) is 0 Å². The van der Waals surface area contributed by atoms with Crippen LogP contribution in [0.2, 0.25) is 0 Å². The van der Waals surface area contributed by atoms with Crippen LogP contribution in [0.1, 0.15) is 50.0 Å². The van der Waals surface area contributed by atoms with Crippen LogP contribution in [0, 0.1) is 5.92 Å². The van der Waals surface area contributed by atoms with E-state index in [1.54, 1.807) is 13.2 Å². The van der Waals surface area contributed by atoms with E-state index in [4.69, 9.17) is 0 Å². The molecule has 140 valence electrons. The summed E-state index contributed by atoms with van der Waals surface area (Å²) in [5, 5.41) is 5.06. The molecule has 2 aliphatic rings. The number of rotatable bonds is 5. The summed E-state index contributed by atoms with van der Waals surface area (Å²) in [7, 11) is 1.68. The molecular weight excluding hydrogens is 332 g/mol. The lowest BCUT2D eigenvalue weighted by Crippen LogP contribution is -2.39. The summed E-state index contributed by atoms with van der Waals surface area (Å²) in [5.41, 5.74) is 0.860. The number of carbonyl (C=O) groups is 3. The third-order valence-electron chi connectivity index (χ3n) is 5.41. The van der Waals surface area contributed by atoms with Crippen molar-refractivity contribution in [1.29, 1.82) is 0 Å². The zero-order valence-electron chi connectivity index (χ0n) is 15.2. The lowest BCUT2D eigenvalue weighted by atomic mass is 9.91. The topological polar surface area (TPSA) is 91.4 Å². The number of aromatic nitrogens is 1. The van der Waals surface area contributed by atoms with Crippen LogP contribution < -0.4 is 15.5 Å². The maximum atomic E-state index is 12.0. The van der Waals surface area contributed by atoms with Crippen LogP contribution in [0.5, 0.6) is 0 Å². The molecule has 3 amide bonds. The molecule has 1 unspecified atom stereocenters. The van der Waals surface area contributed by atoms with Crippen LogP contribution in [0.4, 0.5) is 5.82 Å². The van der Waals surface area contributed by atoms with Gasteiger partial charge < -0.3 is 10.2 Å². The smallest absolute Gasteiger partial charge is 0.234 e. The van der Waals surface area contributed by atoms with Crippen LogP contribution in [0.3, 0.4) is 0 Å². The molecule has 0 radical (unpaired) electrons. The number of hydrogen-bond acceptors (Lipinski definition) is 5. The normalized spacial score (nSPS) is 21.4. The van der Waals surface area contributed by atoms with Gasteiger partial charge in [-0.3, -0.25) is 19.7 Å². The highest BCUT2D eigenvalue weighted by Crippen LogP contribution is 2.28. The van der Waals surface area contributed by atoms with Gasteiger partial charge in [-0.05, 0) is 43.2 Å². The molecule has 0 spiro atoms. The second kappa shape index (κ2) is 8.29. The molecule has 7 heteroatoms. The quantitative estimate of drug-likeness (QED) is 0.775. The van der Waals surface area contributed by atoms with E-state index in [1.807, 2.05) is 12.1 Å². The second-order valence-electron chi connectivity index (χ2n) is 7.10. The number of nitrogens with zero attached hydrogens (tertiary/aromatic N) is 2. The minimum atomic E-state index is -0.287. The summed E-state index contributed by atoms with van der Waals surface area (Å²) in [6.45, 7) is 1.87. The summed E-state index contributed by atoms with van der Waals surface area (Å²) >= 11 is 0. The molecule has 3 rings (SSSR count). The Morgan fingerprint density at radius 1 is 1.27 bits per heavy atom. The summed E-state index contributed by atoms with van der Waals surface area (Å²) < 4.78 is 0. The van der Waals surface area contributed by atoms with Crippen LogP contribution in [-0.2, 0) is 14.4 Å². The largest absolute Gasteiger partial charge is 0.359 e. The zero-order chi connectivity index (χ0) is 18.5. The van der Waals surface area contributed by atoms with Crippen LogP contribution in [0.15, 0.2) is 18.3 Å². The van der Waals surface area contributed by atoms with Crippen molar-refractivity contribution < 1.29 is 14.4 Å². The molecule has 0 bridgehead atoms. The van der Waals surface area contributed by atoms with E-state index in [0.717, 1.165) is 43.7 Å². The van der Waals surface area contributed by atoms with Gasteiger partial charge in [-0.1, -0.05) is 6.07 Å². The van der Waals surface area contributed by atoms with Crippen LogP contribution in [-0.4, -0.2) is 42.8 Å². The van der Waals surface area contributed by atoms with Gasteiger partial charge in [-0.2, -0.15) is 0 Å². The molecule has 26 heavy (non-hydrogen) atoms. The molecule has 2 fully saturated rings. The fraction of sp³-hybridized carbons (Fsp3) is 0.579. The highest BCUT2D eigenvalue weighted by atomic mass is 16.2.